The Morgan fingerprint density at radius 3 is 1.77 bits per heavy atom. The Bertz CT molecular complexity index is 4170. The molecule has 0 amide bonds. The van der Waals surface area contributed by atoms with E-state index >= 15 is 0 Å². The summed E-state index contributed by atoms with van der Waals surface area (Å²) in [6, 6.07) is 78.6. The molecule has 0 aliphatic heterocycles. The largest absolute Gasteiger partial charge is 0.456 e. The highest BCUT2D eigenvalue weighted by Crippen LogP contribution is 2.46. The molecule has 14 aromatic rings. The Kier molecular flexibility index (Phi) is 7.82. The standard InChI is InChI=1S/C60H36N2O2S/c1-6-22-53-44(17-1)45-18-2-7-23-54(45)62(53)41-16-12-14-39(32-41)50-34-43(35-52-47-20-4-9-25-56(47)64-60(50)52)61(42-28-29-48-46-19-3-8-24-55(46)63-57(48)36-42)40-15-11-13-37(31-40)38-27-30-59-51(33-38)49-21-5-10-26-58(49)65-59/h1-36H. The van der Waals surface area contributed by atoms with Crippen molar-refractivity contribution in [3.8, 4) is 27.9 Å². The van der Waals surface area contributed by atoms with E-state index in [9.17, 15) is 0 Å². The fourth-order valence-electron chi connectivity index (χ4n) is 10.2. The van der Waals surface area contributed by atoms with E-state index in [1.807, 2.05) is 29.5 Å². The molecule has 0 saturated heterocycles. The summed E-state index contributed by atoms with van der Waals surface area (Å²) in [5.41, 5.74) is 14.3. The van der Waals surface area contributed by atoms with E-state index in [2.05, 4.69) is 210 Å². The minimum Gasteiger partial charge on any atom is -0.456 e. The molecule has 4 aromatic heterocycles. The lowest BCUT2D eigenvalue weighted by atomic mass is 9.99. The number of rotatable bonds is 6. The summed E-state index contributed by atoms with van der Waals surface area (Å²) in [5, 5.41) is 9.37. The number of anilines is 3. The third-order valence-corrected chi connectivity index (χ3v) is 14.3. The predicted octanol–water partition coefficient (Wildman–Crippen LogP) is 17.8. The van der Waals surface area contributed by atoms with Crippen LogP contribution in [-0.2, 0) is 0 Å². The number of hydrogen-bond donors (Lipinski definition) is 0. The van der Waals surface area contributed by atoms with Crippen molar-refractivity contribution in [3.05, 3.63) is 218 Å². The topological polar surface area (TPSA) is 34.5 Å². The van der Waals surface area contributed by atoms with Crippen molar-refractivity contribution in [1.29, 1.82) is 0 Å². The van der Waals surface area contributed by atoms with Crippen LogP contribution in [0.4, 0.5) is 17.1 Å². The maximum absolute atomic E-state index is 6.84. The first-order valence-corrected chi connectivity index (χ1v) is 22.8. The molecule has 304 valence electrons. The van der Waals surface area contributed by atoms with Gasteiger partial charge in [-0.25, -0.2) is 0 Å². The number of para-hydroxylation sites is 4. The van der Waals surface area contributed by atoms with Gasteiger partial charge in [0, 0.05) is 86.9 Å². The van der Waals surface area contributed by atoms with Gasteiger partial charge in [-0.15, -0.1) is 11.3 Å². The van der Waals surface area contributed by atoms with Gasteiger partial charge >= 0.3 is 0 Å². The third kappa shape index (κ3) is 5.62. The average Bonchev–Trinajstić information content (AvgIpc) is 4.13. The molecule has 0 bridgehead atoms. The molecule has 0 radical (unpaired) electrons. The fourth-order valence-corrected chi connectivity index (χ4v) is 11.3. The molecule has 0 saturated carbocycles. The lowest BCUT2D eigenvalue weighted by Gasteiger charge is -2.27. The molecule has 0 fully saturated rings. The molecular weight excluding hydrogens is 813 g/mol. The van der Waals surface area contributed by atoms with Crippen LogP contribution >= 0.6 is 11.3 Å². The number of aromatic nitrogens is 1. The van der Waals surface area contributed by atoms with Crippen LogP contribution in [0.5, 0.6) is 0 Å². The van der Waals surface area contributed by atoms with Crippen LogP contribution in [0.1, 0.15) is 0 Å². The Hall–Kier alpha value is -8.38. The van der Waals surface area contributed by atoms with Crippen LogP contribution in [0, 0.1) is 0 Å². The Morgan fingerprint density at radius 1 is 0.338 bits per heavy atom. The third-order valence-electron chi connectivity index (χ3n) is 13.2. The van der Waals surface area contributed by atoms with Gasteiger partial charge in [-0.3, -0.25) is 0 Å². The first kappa shape index (κ1) is 36.1. The van der Waals surface area contributed by atoms with E-state index in [1.165, 1.54) is 47.5 Å². The molecule has 0 spiro atoms. The number of thiophene rings is 1. The molecule has 10 aromatic carbocycles. The Balaban J connectivity index is 1.00. The minimum atomic E-state index is 0.841. The van der Waals surface area contributed by atoms with Gasteiger partial charge < -0.3 is 18.3 Å². The maximum Gasteiger partial charge on any atom is 0.143 e. The minimum absolute atomic E-state index is 0.841. The van der Waals surface area contributed by atoms with Crippen LogP contribution in [0.3, 0.4) is 0 Å². The second kappa shape index (κ2) is 14.1. The second-order valence-electron chi connectivity index (χ2n) is 16.9. The number of furan rings is 2. The summed E-state index contributed by atoms with van der Waals surface area (Å²) in [6.45, 7) is 0. The highest BCUT2D eigenvalue weighted by molar-refractivity contribution is 7.25. The number of benzene rings is 10. The van der Waals surface area contributed by atoms with Crippen molar-refractivity contribution >= 4 is 114 Å². The summed E-state index contributed by atoms with van der Waals surface area (Å²) in [4.78, 5) is 2.37. The summed E-state index contributed by atoms with van der Waals surface area (Å²) < 4.78 is 18.4. The van der Waals surface area contributed by atoms with E-state index in [-0.39, 0.29) is 0 Å². The first-order chi connectivity index (χ1) is 32.2. The van der Waals surface area contributed by atoms with Gasteiger partial charge in [-0.1, -0.05) is 121 Å². The van der Waals surface area contributed by atoms with Crippen LogP contribution in [-0.4, -0.2) is 4.57 Å². The van der Waals surface area contributed by atoms with Crippen molar-refractivity contribution in [3.63, 3.8) is 0 Å². The van der Waals surface area contributed by atoms with Gasteiger partial charge in [0.15, 0.2) is 0 Å². The zero-order chi connectivity index (χ0) is 42.6. The summed E-state index contributed by atoms with van der Waals surface area (Å²) in [6.07, 6.45) is 0. The highest BCUT2D eigenvalue weighted by atomic mass is 32.1. The van der Waals surface area contributed by atoms with E-state index in [0.717, 1.165) is 83.3 Å². The molecule has 0 atom stereocenters. The van der Waals surface area contributed by atoms with E-state index in [1.54, 1.807) is 0 Å². The van der Waals surface area contributed by atoms with Crippen LogP contribution in [0.2, 0.25) is 0 Å². The van der Waals surface area contributed by atoms with Gasteiger partial charge in [-0.2, -0.15) is 0 Å². The summed E-state index contributed by atoms with van der Waals surface area (Å²) in [7, 11) is 0. The van der Waals surface area contributed by atoms with Crippen LogP contribution in [0.15, 0.2) is 227 Å². The molecule has 5 heteroatoms. The van der Waals surface area contributed by atoms with Gasteiger partial charge in [-0.05, 0) is 108 Å². The molecule has 0 aliphatic rings. The monoisotopic (exact) mass is 848 g/mol. The molecule has 4 heterocycles. The van der Waals surface area contributed by atoms with Crippen molar-refractivity contribution in [2.45, 2.75) is 0 Å². The molecule has 0 N–H and O–H groups in total. The zero-order valence-electron chi connectivity index (χ0n) is 34.9. The Labute approximate surface area is 377 Å². The predicted molar refractivity (Wildman–Crippen MR) is 274 cm³/mol. The van der Waals surface area contributed by atoms with Gasteiger partial charge in [0.25, 0.3) is 0 Å². The van der Waals surface area contributed by atoms with Gasteiger partial charge in [0.1, 0.15) is 22.3 Å². The lowest BCUT2D eigenvalue weighted by molar-refractivity contribution is 0.668. The lowest BCUT2D eigenvalue weighted by Crippen LogP contribution is -2.10. The van der Waals surface area contributed by atoms with E-state index < -0.39 is 0 Å². The quantitative estimate of drug-likeness (QED) is 0.167. The molecule has 0 unspecified atom stereocenters. The number of hydrogen-bond acceptors (Lipinski definition) is 4. The second-order valence-corrected chi connectivity index (χ2v) is 17.9. The summed E-state index contributed by atoms with van der Waals surface area (Å²) in [5.74, 6) is 0. The molecule has 14 rings (SSSR count). The van der Waals surface area contributed by atoms with Crippen molar-refractivity contribution < 1.29 is 8.83 Å². The van der Waals surface area contributed by atoms with Gasteiger partial charge in [0.2, 0.25) is 0 Å². The highest BCUT2D eigenvalue weighted by Gasteiger charge is 2.22. The van der Waals surface area contributed by atoms with E-state index in [4.69, 9.17) is 8.83 Å². The van der Waals surface area contributed by atoms with E-state index in [0.29, 0.717) is 0 Å². The smallest absolute Gasteiger partial charge is 0.143 e. The van der Waals surface area contributed by atoms with Crippen molar-refractivity contribution in [1.82, 2.24) is 4.57 Å². The van der Waals surface area contributed by atoms with Crippen LogP contribution in [0.25, 0.3) is 114 Å². The van der Waals surface area contributed by atoms with Crippen molar-refractivity contribution in [2.75, 3.05) is 4.90 Å². The fraction of sp³-hybridized carbons (Fsp3) is 0. The first-order valence-electron chi connectivity index (χ1n) is 22.0. The SMILES string of the molecule is c1cc(-c2ccc3sc4ccccc4c3c2)cc(N(c2ccc3c(c2)oc2ccccc23)c2cc(-c3cccc(-n4c5ccccc5c5ccccc54)c3)c3oc4ccccc4c3c2)c1. The van der Waals surface area contributed by atoms with Crippen LogP contribution < -0.4 is 4.90 Å². The number of fused-ring (bicyclic) bond motifs is 12. The zero-order valence-corrected chi connectivity index (χ0v) is 35.7. The molecular formula is C60H36N2O2S. The normalized spacial score (nSPS) is 12.0. The average molecular weight is 849 g/mol. The summed E-state index contributed by atoms with van der Waals surface area (Å²) >= 11 is 1.85. The molecule has 0 aliphatic carbocycles. The Morgan fingerprint density at radius 2 is 0.954 bits per heavy atom. The molecule has 65 heavy (non-hydrogen) atoms. The molecule has 4 nitrogen and oxygen atoms in total. The number of nitrogens with zero attached hydrogens (tertiary/aromatic N) is 2. The van der Waals surface area contributed by atoms with Gasteiger partial charge in [0.05, 0.1) is 11.0 Å². The maximum atomic E-state index is 6.84. The van der Waals surface area contributed by atoms with Crippen molar-refractivity contribution in [2.24, 2.45) is 0 Å².